The number of benzene rings is 1. The molecule has 1 heterocycles. The van der Waals surface area contributed by atoms with Crippen LogP contribution in [0.2, 0.25) is 0 Å². The van der Waals surface area contributed by atoms with E-state index in [1.807, 2.05) is 19.1 Å². The Morgan fingerprint density at radius 2 is 2.00 bits per heavy atom. The summed E-state index contributed by atoms with van der Waals surface area (Å²) in [6, 6.07) is 12.5. The van der Waals surface area contributed by atoms with Gasteiger partial charge in [-0.25, -0.2) is 5.43 Å². The van der Waals surface area contributed by atoms with Crippen LogP contribution in [0.15, 0.2) is 40.8 Å². The average Bonchev–Trinajstić information content (AvgIpc) is 2.77. The quantitative estimate of drug-likeness (QED) is 0.651. The summed E-state index contributed by atoms with van der Waals surface area (Å²) in [5, 5.41) is 0. The van der Waals surface area contributed by atoms with Crippen LogP contribution in [0.5, 0.6) is 0 Å². The van der Waals surface area contributed by atoms with E-state index in [1.54, 1.807) is 0 Å². The molecule has 0 amide bonds. The molecule has 1 aliphatic carbocycles. The lowest BCUT2D eigenvalue weighted by Crippen LogP contribution is -2.30. The predicted octanol–water partition coefficient (Wildman–Crippen LogP) is 3.41. The van der Waals surface area contributed by atoms with Gasteiger partial charge in [0.15, 0.2) is 0 Å². The number of hydrogen-bond donors (Lipinski definition) is 2. The Morgan fingerprint density at radius 1 is 1.21 bits per heavy atom. The topological polar surface area (TPSA) is 51.2 Å². The minimum absolute atomic E-state index is 0.0644. The number of rotatable bonds is 4. The minimum atomic E-state index is -0.0644. The SMILES string of the molecule is Cc1ccc(C(NN)c2ccccc2C2CCC2)o1. The lowest BCUT2D eigenvalue weighted by molar-refractivity contribution is 0.403. The fourth-order valence-electron chi connectivity index (χ4n) is 2.80. The van der Waals surface area contributed by atoms with Crippen LogP contribution in [0.25, 0.3) is 0 Å². The van der Waals surface area contributed by atoms with Crippen LogP contribution in [0.3, 0.4) is 0 Å². The van der Waals surface area contributed by atoms with E-state index < -0.39 is 0 Å². The zero-order valence-electron chi connectivity index (χ0n) is 11.2. The monoisotopic (exact) mass is 256 g/mol. The molecule has 3 N–H and O–H groups in total. The van der Waals surface area contributed by atoms with Crippen molar-refractivity contribution in [2.45, 2.75) is 38.1 Å². The zero-order chi connectivity index (χ0) is 13.2. The first-order chi connectivity index (χ1) is 9.29. The Hall–Kier alpha value is -1.58. The van der Waals surface area contributed by atoms with Crippen molar-refractivity contribution >= 4 is 0 Å². The zero-order valence-corrected chi connectivity index (χ0v) is 11.2. The van der Waals surface area contributed by atoms with Gasteiger partial charge in [0.05, 0.1) is 0 Å². The molecule has 1 atom stereocenters. The third-order valence-electron chi connectivity index (χ3n) is 4.06. The smallest absolute Gasteiger partial charge is 0.126 e. The second kappa shape index (κ2) is 5.19. The molecular weight excluding hydrogens is 236 g/mol. The second-order valence-electron chi connectivity index (χ2n) is 5.30. The van der Waals surface area contributed by atoms with Crippen LogP contribution in [0.4, 0.5) is 0 Å². The van der Waals surface area contributed by atoms with Gasteiger partial charge in [0.2, 0.25) is 0 Å². The van der Waals surface area contributed by atoms with Gasteiger partial charge in [0, 0.05) is 0 Å². The van der Waals surface area contributed by atoms with Crippen LogP contribution in [0.1, 0.15) is 53.9 Å². The van der Waals surface area contributed by atoms with Gasteiger partial charge < -0.3 is 4.42 Å². The van der Waals surface area contributed by atoms with Gasteiger partial charge in [-0.1, -0.05) is 30.7 Å². The van der Waals surface area contributed by atoms with E-state index in [0.29, 0.717) is 5.92 Å². The lowest BCUT2D eigenvalue weighted by Gasteiger charge is -2.29. The van der Waals surface area contributed by atoms with Gasteiger partial charge in [0.25, 0.3) is 0 Å². The maximum Gasteiger partial charge on any atom is 0.126 e. The van der Waals surface area contributed by atoms with Crippen LogP contribution in [-0.2, 0) is 0 Å². The maximum absolute atomic E-state index is 5.76. The van der Waals surface area contributed by atoms with Gasteiger partial charge >= 0.3 is 0 Å². The summed E-state index contributed by atoms with van der Waals surface area (Å²) in [5.41, 5.74) is 5.55. The van der Waals surface area contributed by atoms with Crippen LogP contribution in [0, 0.1) is 6.92 Å². The summed E-state index contributed by atoms with van der Waals surface area (Å²) < 4.78 is 5.73. The molecule has 19 heavy (non-hydrogen) atoms. The van der Waals surface area contributed by atoms with Gasteiger partial charge in [-0.3, -0.25) is 5.84 Å². The van der Waals surface area contributed by atoms with E-state index in [4.69, 9.17) is 10.3 Å². The first kappa shape index (κ1) is 12.5. The first-order valence-corrected chi connectivity index (χ1v) is 6.91. The Balaban J connectivity index is 1.99. The van der Waals surface area contributed by atoms with Crippen LogP contribution in [-0.4, -0.2) is 0 Å². The Bertz CT molecular complexity index is 557. The summed E-state index contributed by atoms with van der Waals surface area (Å²) in [5.74, 6) is 8.24. The molecule has 0 radical (unpaired) electrons. The summed E-state index contributed by atoms with van der Waals surface area (Å²) in [6.45, 7) is 1.95. The Kier molecular flexibility index (Phi) is 3.40. The van der Waals surface area contributed by atoms with Gasteiger partial charge in [-0.05, 0) is 48.9 Å². The molecule has 0 saturated heterocycles. The standard InChI is InChI=1S/C16H20N2O/c1-11-9-10-15(19-11)16(18-17)14-8-3-2-7-13(14)12-5-4-6-12/h2-3,7-10,12,16,18H,4-6,17H2,1H3. The van der Waals surface area contributed by atoms with Crippen molar-refractivity contribution in [2.75, 3.05) is 0 Å². The largest absolute Gasteiger partial charge is 0.464 e. The highest BCUT2D eigenvalue weighted by molar-refractivity contribution is 5.37. The number of furan rings is 1. The van der Waals surface area contributed by atoms with Crippen molar-refractivity contribution < 1.29 is 4.42 Å². The Labute approximate surface area is 113 Å². The van der Waals surface area contributed by atoms with Crippen LogP contribution < -0.4 is 11.3 Å². The lowest BCUT2D eigenvalue weighted by atomic mass is 9.77. The number of hydrogen-bond acceptors (Lipinski definition) is 3. The highest BCUT2D eigenvalue weighted by Gasteiger charge is 2.26. The number of nitrogens with two attached hydrogens (primary N) is 1. The molecule has 1 unspecified atom stereocenters. The third kappa shape index (κ3) is 2.31. The fourth-order valence-corrected chi connectivity index (χ4v) is 2.80. The molecule has 0 bridgehead atoms. The number of nitrogens with one attached hydrogen (secondary N) is 1. The average molecular weight is 256 g/mol. The molecule has 2 aromatic rings. The van der Waals surface area contributed by atoms with Crippen molar-refractivity contribution in [3.63, 3.8) is 0 Å². The molecule has 3 heteroatoms. The highest BCUT2D eigenvalue weighted by Crippen LogP contribution is 2.40. The molecule has 0 spiro atoms. The fraction of sp³-hybridized carbons (Fsp3) is 0.375. The number of hydrazine groups is 1. The first-order valence-electron chi connectivity index (χ1n) is 6.91. The molecule has 1 aliphatic rings. The van der Waals surface area contributed by atoms with Gasteiger partial charge in [-0.15, -0.1) is 0 Å². The van der Waals surface area contributed by atoms with Gasteiger partial charge in [0.1, 0.15) is 17.6 Å². The van der Waals surface area contributed by atoms with Crippen molar-refractivity contribution in [2.24, 2.45) is 5.84 Å². The summed E-state index contributed by atoms with van der Waals surface area (Å²) >= 11 is 0. The van der Waals surface area contributed by atoms with E-state index in [0.717, 1.165) is 11.5 Å². The molecule has 1 aromatic carbocycles. The third-order valence-corrected chi connectivity index (χ3v) is 4.06. The molecule has 3 nitrogen and oxygen atoms in total. The maximum atomic E-state index is 5.76. The Morgan fingerprint density at radius 3 is 2.58 bits per heavy atom. The molecule has 1 aromatic heterocycles. The molecule has 3 rings (SSSR count). The molecule has 0 aliphatic heterocycles. The van der Waals surface area contributed by atoms with Crippen molar-refractivity contribution in [3.8, 4) is 0 Å². The summed E-state index contributed by atoms with van der Waals surface area (Å²) in [7, 11) is 0. The highest BCUT2D eigenvalue weighted by atomic mass is 16.3. The van der Waals surface area contributed by atoms with Crippen molar-refractivity contribution in [3.05, 3.63) is 59.0 Å². The normalized spacial score (nSPS) is 17.2. The van der Waals surface area contributed by atoms with E-state index in [-0.39, 0.29) is 6.04 Å². The van der Waals surface area contributed by atoms with Crippen molar-refractivity contribution in [1.29, 1.82) is 0 Å². The van der Waals surface area contributed by atoms with Gasteiger partial charge in [-0.2, -0.15) is 0 Å². The molecule has 1 fully saturated rings. The minimum Gasteiger partial charge on any atom is -0.464 e. The second-order valence-corrected chi connectivity index (χ2v) is 5.30. The van der Waals surface area contributed by atoms with E-state index in [9.17, 15) is 0 Å². The van der Waals surface area contributed by atoms with E-state index in [1.165, 1.54) is 30.4 Å². The van der Waals surface area contributed by atoms with E-state index in [2.05, 4.69) is 29.7 Å². The molecule has 100 valence electrons. The summed E-state index contributed by atoms with van der Waals surface area (Å²) in [4.78, 5) is 0. The summed E-state index contributed by atoms with van der Waals surface area (Å²) in [6.07, 6.45) is 3.90. The van der Waals surface area contributed by atoms with Crippen molar-refractivity contribution in [1.82, 2.24) is 5.43 Å². The molecular formula is C16H20N2O. The number of aryl methyl sites for hydroxylation is 1. The van der Waals surface area contributed by atoms with Crippen LogP contribution >= 0.6 is 0 Å². The molecule has 1 saturated carbocycles. The predicted molar refractivity (Wildman–Crippen MR) is 75.6 cm³/mol. The van der Waals surface area contributed by atoms with E-state index >= 15 is 0 Å².